The van der Waals surface area contributed by atoms with E-state index in [0.29, 0.717) is 18.4 Å². The van der Waals surface area contributed by atoms with Crippen molar-refractivity contribution in [1.82, 2.24) is 0 Å². The summed E-state index contributed by atoms with van der Waals surface area (Å²) in [6.45, 7) is 1.94. The maximum absolute atomic E-state index is 13.7. The number of aryl methyl sites for hydroxylation is 1. The minimum Gasteiger partial charge on any atom is -0.320 e. The van der Waals surface area contributed by atoms with Crippen LogP contribution in [0.1, 0.15) is 24.0 Å². The predicted molar refractivity (Wildman–Crippen MR) is 56.0 cm³/mol. The number of nitrogens with two attached hydrogens (primary N) is 1. The third-order valence-electron chi connectivity index (χ3n) is 3.06. The smallest absolute Gasteiger partial charge is 0.269 e. The van der Waals surface area contributed by atoms with Gasteiger partial charge in [-0.2, -0.15) is 0 Å². The summed E-state index contributed by atoms with van der Waals surface area (Å²) in [6.07, 6.45) is 0.626. The van der Waals surface area contributed by atoms with Gasteiger partial charge in [0.05, 0.1) is 5.54 Å². The first-order chi connectivity index (χ1) is 6.93. The highest BCUT2D eigenvalue weighted by Gasteiger charge is 2.58. The fraction of sp³-hybridized carbons (Fsp3) is 0.500. The number of benzene rings is 1. The molecule has 0 unspecified atom stereocenters. The van der Waals surface area contributed by atoms with Crippen LogP contribution in [0.5, 0.6) is 0 Å². The molecule has 0 heterocycles. The third kappa shape index (κ3) is 2.02. The van der Waals surface area contributed by atoms with Crippen molar-refractivity contribution >= 4 is 0 Å². The monoisotopic (exact) mass is 211 g/mol. The molecule has 15 heavy (non-hydrogen) atoms. The van der Waals surface area contributed by atoms with E-state index in [-0.39, 0.29) is 6.42 Å². The molecule has 0 spiro atoms. The molecule has 1 fully saturated rings. The van der Waals surface area contributed by atoms with E-state index in [9.17, 15) is 8.78 Å². The highest BCUT2D eigenvalue weighted by atomic mass is 19.3. The maximum atomic E-state index is 13.7. The Balaban J connectivity index is 2.11. The van der Waals surface area contributed by atoms with E-state index in [1.54, 1.807) is 12.1 Å². The zero-order valence-corrected chi connectivity index (χ0v) is 8.76. The predicted octanol–water partition coefficient (Wildman–Crippen LogP) is 2.66. The zero-order valence-electron chi connectivity index (χ0n) is 8.76. The third-order valence-corrected chi connectivity index (χ3v) is 3.06. The van der Waals surface area contributed by atoms with Crippen LogP contribution in [-0.4, -0.2) is 11.5 Å². The Hall–Kier alpha value is -0.960. The van der Waals surface area contributed by atoms with E-state index in [4.69, 9.17) is 5.73 Å². The lowest BCUT2D eigenvalue weighted by Gasteiger charge is -2.23. The molecule has 0 atom stereocenters. The van der Waals surface area contributed by atoms with Crippen molar-refractivity contribution in [1.29, 1.82) is 0 Å². The highest BCUT2D eigenvalue weighted by molar-refractivity contribution is 5.24. The van der Waals surface area contributed by atoms with Crippen LogP contribution in [0.25, 0.3) is 0 Å². The van der Waals surface area contributed by atoms with Crippen molar-refractivity contribution in [2.24, 2.45) is 5.73 Å². The van der Waals surface area contributed by atoms with E-state index < -0.39 is 11.5 Å². The average molecular weight is 211 g/mol. The Morgan fingerprint density at radius 3 is 2.27 bits per heavy atom. The molecular formula is C12H15F2N. The van der Waals surface area contributed by atoms with Crippen molar-refractivity contribution in [3.05, 3.63) is 35.4 Å². The molecule has 1 aliphatic rings. The van der Waals surface area contributed by atoms with E-state index in [1.807, 2.05) is 19.1 Å². The Morgan fingerprint density at radius 2 is 1.80 bits per heavy atom. The van der Waals surface area contributed by atoms with Gasteiger partial charge in [-0.05, 0) is 25.3 Å². The van der Waals surface area contributed by atoms with E-state index in [2.05, 4.69) is 0 Å². The van der Waals surface area contributed by atoms with Crippen LogP contribution in [0.4, 0.5) is 8.78 Å². The lowest BCUT2D eigenvalue weighted by Crippen LogP contribution is -2.45. The molecule has 1 aromatic carbocycles. The minimum atomic E-state index is -2.78. The van der Waals surface area contributed by atoms with E-state index in [0.717, 1.165) is 5.56 Å². The Bertz CT molecular complexity index is 352. The molecule has 0 amide bonds. The van der Waals surface area contributed by atoms with Crippen LogP contribution in [0.2, 0.25) is 0 Å². The molecule has 0 saturated heterocycles. The topological polar surface area (TPSA) is 26.0 Å². The molecule has 0 bridgehead atoms. The van der Waals surface area contributed by atoms with Crippen LogP contribution in [0, 0.1) is 6.92 Å². The maximum Gasteiger partial charge on any atom is 0.269 e. The normalized spacial score (nSPS) is 18.9. The first-order valence-electron chi connectivity index (χ1n) is 5.15. The number of hydrogen-bond acceptors (Lipinski definition) is 1. The molecule has 2 rings (SSSR count). The first-order valence-corrected chi connectivity index (χ1v) is 5.15. The second-order valence-electron chi connectivity index (χ2n) is 4.52. The molecule has 1 nitrogen and oxygen atoms in total. The second kappa shape index (κ2) is 3.27. The average Bonchev–Trinajstić information content (AvgIpc) is 2.89. The summed E-state index contributed by atoms with van der Waals surface area (Å²) in [6, 6.07) is 7.19. The summed E-state index contributed by atoms with van der Waals surface area (Å²) in [5.41, 5.74) is 6.05. The summed E-state index contributed by atoms with van der Waals surface area (Å²) >= 11 is 0. The van der Waals surface area contributed by atoms with Crippen LogP contribution >= 0.6 is 0 Å². The Kier molecular flexibility index (Phi) is 2.30. The Labute approximate surface area is 88.3 Å². The number of halogens is 2. The lowest BCUT2D eigenvalue weighted by molar-refractivity contribution is -0.0350. The Morgan fingerprint density at radius 1 is 1.27 bits per heavy atom. The standard InChI is InChI=1S/C12H15F2N/c1-9-2-4-10(5-3-9)8-12(13,14)11(15)6-7-11/h2-5H,6-8,15H2,1H3. The molecule has 1 saturated carbocycles. The highest BCUT2D eigenvalue weighted by Crippen LogP contribution is 2.47. The number of alkyl halides is 2. The summed E-state index contributed by atoms with van der Waals surface area (Å²) in [7, 11) is 0. The van der Waals surface area contributed by atoms with Crippen molar-refractivity contribution in [2.75, 3.05) is 0 Å². The summed E-state index contributed by atoms with van der Waals surface area (Å²) in [5, 5.41) is 0. The van der Waals surface area contributed by atoms with Gasteiger partial charge in [0.1, 0.15) is 0 Å². The van der Waals surface area contributed by atoms with Gasteiger partial charge in [-0.15, -0.1) is 0 Å². The molecule has 0 radical (unpaired) electrons. The van der Waals surface area contributed by atoms with Gasteiger partial charge >= 0.3 is 0 Å². The fourth-order valence-electron chi connectivity index (χ4n) is 1.64. The van der Waals surface area contributed by atoms with Crippen molar-refractivity contribution in [3.8, 4) is 0 Å². The zero-order chi connectivity index (χ0) is 11.1. The van der Waals surface area contributed by atoms with Gasteiger partial charge < -0.3 is 5.73 Å². The fourth-order valence-corrected chi connectivity index (χ4v) is 1.64. The number of hydrogen-bond donors (Lipinski definition) is 1. The minimum absolute atomic E-state index is 0.246. The molecule has 3 heteroatoms. The SMILES string of the molecule is Cc1ccc(CC(F)(F)C2(N)CC2)cc1. The van der Waals surface area contributed by atoms with E-state index in [1.165, 1.54) is 0 Å². The molecule has 1 aromatic rings. The molecule has 0 aromatic heterocycles. The van der Waals surface area contributed by atoms with Gasteiger partial charge in [-0.1, -0.05) is 29.8 Å². The van der Waals surface area contributed by atoms with Gasteiger partial charge in [-0.3, -0.25) is 0 Å². The van der Waals surface area contributed by atoms with Crippen LogP contribution in [-0.2, 0) is 6.42 Å². The second-order valence-corrected chi connectivity index (χ2v) is 4.52. The van der Waals surface area contributed by atoms with E-state index >= 15 is 0 Å². The van der Waals surface area contributed by atoms with Crippen molar-refractivity contribution < 1.29 is 8.78 Å². The van der Waals surface area contributed by atoms with Crippen LogP contribution < -0.4 is 5.73 Å². The summed E-state index contributed by atoms with van der Waals surface area (Å²) < 4.78 is 27.3. The van der Waals surface area contributed by atoms with Crippen molar-refractivity contribution in [3.63, 3.8) is 0 Å². The van der Waals surface area contributed by atoms with Gasteiger partial charge in [0.25, 0.3) is 5.92 Å². The van der Waals surface area contributed by atoms with Crippen LogP contribution in [0.3, 0.4) is 0 Å². The number of rotatable bonds is 3. The molecule has 82 valence electrons. The van der Waals surface area contributed by atoms with Gasteiger partial charge in [0.2, 0.25) is 0 Å². The van der Waals surface area contributed by atoms with Gasteiger partial charge in [-0.25, -0.2) is 8.78 Å². The van der Waals surface area contributed by atoms with Gasteiger partial charge in [0.15, 0.2) is 0 Å². The quantitative estimate of drug-likeness (QED) is 0.817. The molecule has 2 N–H and O–H groups in total. The first kappa shape index (κ1) is 10.6. The van der Waals surface area contributed by atoms with Crippen molar-refractivity contribution in [2.45, 2.75) is 37.6 Å². The summed E-state index contributed by atoms with van der Waals surface area (Å²) in [5.74, 6) is -2.78. The summed E-state index contributed by atoms with van der Waals surface area (Å²) in [4.78, 5) is 0. The van der Waals surface area contributed by atoms with Crippen LogP contribution in [0.15, 0.2) is 24.3 Å². The molecule has 0 aliphatic heterocycles. The lowest BCUT2D eigenvalue weighted by atomic mass is 9.99. The molecule has 1 aliphatic carbocycles. The van der Waals surface area contributed by atoms with Gasteiger partial charge in [0, 0.05) is 6.42 Å². The molecular weight excluding hydrogens is 196 g/mol. The largest absolute Gasteiger partial charge is 0.320 e.